The number of nitrogens with one attached hydrogen (secondary N) is 1. The second kappa shape index (κ2) is 7.60. The number of nitrogens with zero attached hydrogens (tertiary/aromatic N) is 2. The SMILES string of the molecule is Cc1cc2nc(C(F)(F)F)c(=O)n(CC(=O)Nc3ccc4c(c3)OCCO4)c2cc1C. The quantitative estimate of drug-likeness (QED) is 0.684. The van der Waals surface area contributed by atoms with Crippen molar-refractivity contribution in [3.63, 3.8) is 0 Å². The number of amides is 1. The van der Waals surface area contributed by atoms with Crippen LogP contribution >= 0.6 is 0 Å². The molecule has 10 heteroatoms. The van der Waals surface area contributed by atoms with Crippen molar-refractivity contribution in [3.05, 3.63) is 57.5 Å². The monoisotopic (exact) mass is 433 g/mol. The number of carbonyl (C=O) groups excluding carboxylic acids is 1. The molecule has 2 heterocycles. The van der Waals surface area contributed by atoms with Crippen molar-refractivity contribution in [1.82, 2.24) is 9.55 Å². The lowest BCUT2D eigenvalue weighted by molar-refractivity contribution is -0.142. The van der Waals surface area contributed by atoms with Crippen LogP contribution in [0.1, 0.15) is 16.8 Å². The van der Waals surface area contributed by atoms with Gasteiger partial charge in [0, 0.05) is 11.8 Å². The molecule has 0 atom stereocenters. The van der Waals surface area contributed by atoms with Crippen LogP contribution in [0, 0.1) is 13.8 Å². The van der Waals surface area contributed by atoms with E-state index in [2.05, 4.69) is 10.3 Å². The Balaban J connectivity index is 1.71. The predicted octanol–water partition coefficient (Wildman–Crippen LogP) is 3.44. The Labute approximate surface area is 174 Å². The molecule has 0 saturated heterocycles. The first-order valence-electron chi connectivity index (χ1n) is 9.42. The van der Waals surface area contributed by atoms with E-state index in [9.17, 15) is 22.8 Å². The third-order valence-corrected chi connectivity index (χ3v) is 4.96. The number of hydrogen-bond donors (Lipinski definition) is 1. The van der Waals surface area contributed by atoms with E-state index in [1.165, 1.54) is 6.07 Å². The van der Waals surface area contributed by atoms with Crippen molar-refractivity contribution in [3.8, 4) is 11.5 Å². The van der Waals surface area contributed by atoms with Crippen molar-refractivity contribution in [2.75, 3.05) is 18.5 Å². The summed E-state index contributed by atoms with van der Waals surface area (Å²) in [4.78, 5) is 28.7. The largest absolute Gasteiger partial charge is 0.486 e. The predicted molar refractivity (Wildman–Crippen MR) is 107 cm³/mol. The first kappa shape index (κ1) is 20.7. The molecule has 0 bridgehead atoms. The summed E-state index contributed by atoms with van der Waals surface area (Å²) in [5.74, 6) is 0.305. The van der Waals surface area contributed by atoms with Gasteiger partial charge in [-0.3, -0.25) is 14.2 Å². The van der Waals surface area contributed by atoms with Crippen molar-refractivity contribution < 1.29 is 27.4 Å². The molecule has 1 aliphatic rings. The fourth-order valence-electron chi connectivity index (χ4n) is 3.30. The van der Waals surface area contributed by atoms with Crippen LogP contribution in [0.15, 0.2) is 35.1 Å². The highest BCUT2D eigenvalue weighted by molar-refractivity contribution is 5.92. The Kier molecular flexibility index (Phi) is 5.08. The van der Waals surface area contributed by atoms with Crippen LogP contribution in [0.2, 0.25) is 0 Å². The minimum Gasteiger partial charge on any atom is -0.486 e. The van der Waals surface area contributed by atoms with Crippen LogP contribution in [0.3, 0.4) is 0 Å². The highest BCUT2D eigenvalue weighted by Gasteiger charge is 2.37. The van der Waals surface area contributed by atoms with Crippen LogP contribution in [-0.2, 0) is 17.5 Å². The summed E-state index contributed by atoms with van der Waals surface area (Å²) >= 11 is 0. The highest BCUT2D eigenvalue weighted by atomic mass is 19.4. The number of benzene rings is 2. The molecule has 0 radical (unpaired) electrons. The molecule has 31 heavy (non-hydrogen) atoms. The maximum atomic E-state index is 13.4. The molecule has 1 aromatic heterocycles. The van der Waals surface area contributed by atoms with Crippen molar-refractivity contribution in [2.45, 2.75) is 26.6 Å². The van der Waals surface area contributed by atoms with E-state index in [-0.39, 0.29) is 11.0 Å². The first-order chi connectivity index (χ1) is 14.6. The van der Waals surface area contributed by atoms with Gasteiger partial charge in [0.25, 0.3) is 5.56 Å². The van der Waals surface area contributed by atoms with Gasteiger partial charge in [0.05, 0.1) is 11.0 Å². The number of alkyl halides is 3. The van der Waals surface area contributed by atoms with Gasteiger partial charge in [0.2, 0.25) is 11.6 Å². The second-order valence-corrected chi connectivity index (χ2v) is 7.18. The van der Waals surface area contributed by atoms with Gasteiger partial charge in [-0.05, 0) is 49.2 Å². The van der Waals surface area contributed by atoms with Gasteiger partial charge in [0.15, 0.2) is 11.5 Å². The number of halogens is 3. The molecular weight excluding hydrogens is 415 g/mol. The van der Waals surface area contributed by atoms with Crippen molar-refractivity contribution in [2.24, 2.45) is 0 Å². The molecule has 0 spiro atoms. The van der Waals surface area contributed by atoms with Gasteiger partial charge in [-0.1, -0.05) is 0 Å². The number of aromatic nitrogens is 2. The Morgan fingerprint density at radius 1 is 1.10 bits per heavy atom. The Bertz CT molecular complexity index is 1250. The summed E-state index contributed by atoms with van der Waals surface area (Å²) in [5.41, 5.74) is -0.950. The molecule has 1 amide bonds. The van der Waals surface area contributed by atoms with Crippen LogP contribution in [0.5, 0.6) is 11.5 Å². The van der Waals surface area contributed by atoms with Gasteiger partial charge in [0.1, 0.15) is 19.8 Å². The molecule has 1 aliphatic heterocycles. The second-order valence-electron chi connectivity index (χ2n) is 7.18. The summed E-state index contributed by atoms with van der Waals surface area (Å²) in [5, 5.41) is 2.58. The minimum absolute atomic E-state index is 0.0119. The molecule has 0 aliphatic carbocycles. The highest BCUT2D eigenvalue weighted by Crippen LogP contribution is 2.32. The van der Waals surface area contributed by atoms with Gasteiger partial charge < -0.3 is 14.8 Å². The summed E-state index contributed by atoms with van der Waals surface area (Å²) in [7, 11) is 0. The molecule has 162 valence electrons. The number of anilines is 1. The molecule has 1 N–H and O–H groups in total. The smallest absolute Gasteiger partial charge is 0.438 e. The lowest BCUT2D eigenvalue weighted by atomic mass is 10.1. The molecular formula is C21H18F3N3O4. The third kappa shape index (κ3) is 4.05. The molecule has 0 fully saturated rings. The van der Waals surface area contributed by atoms with Gasteiger partial charge >= 0.3 is 6.18 Å². The number of hydrogen-bond acceptors (Lipinski definition) is 5. The van der Waals surface area contributed by atoms with Crippen molar-refractivity contribution >= 4 is 22.6 Å². The van der Waals surface area contributed by atoms with Gasteiger partial charge in [-0.25, -0.2) is 4.98 Å². The van der Waals surface area contributed by atoms with Crippen LogP contribution in [0.4, 0.5) is 18.9 Å². The van der Waals surface area contributed by atoms with E-state index in [0.717, 1.165) is 15.7 Å². The third-order valence-electron chi connectivity index (χ3n) is 4.96. The zero-order valence-electron chi connectivity index (χ0n) is 16.7. The van der Waals surface area contributed by atoms with E-state index in [1.54, 1.807) is 38.1 Å². The number of ether oxygens (including phenoxy) is 2. The van der Waals surface area contributed by atoms with E-state index in [0.29, 0.717) is 30.4 Å². The van der Waals surface area contributed by atoms with E-state index in [4.69, 9.17) is 9.47 Å². The van der Waals surface area contributed by atoms with Crippen LogP contribution in [-0.4, -0.2) is 28.7 Å². The van der Waals surface area contributed by atoms with Crippen LogP contribution in [0.25, 0.3) is 11.0 Å². The Morgan fingerprint density at radius 2 is 1.77 bits per heavy atom. The number of aryl methyl sites for hydroxylation is 2. The average Bonchev–Trinajstić information content (AvgIpc) is 2.70. The summed E-state index contributed by atoms with van der Waals surface area (Å²) in [6.07, 6.45) is -4.95. The standard InChI is InChI=1S/C21H18F3N3O4/c1-11-7-14-15(8-12(11)2)27(20(29)19(26-14)21(22,23)24)10-18(28)25-13-3-4-16-17(9-13)31-6-5-30-16/h3-4,7-9H,5-6,10H2,1-2H3,(H,25,28). The lowest BCUT2D eigenvalue weighted by Gasteiger charge is -2.19. The van der Waals surface area contributed by atoms with E-state index in [1.807, 2.05) is 0 Å². The summed E-state index contributed by atoms with van der Waals surface area (Å²) < 4.78 is 51.8. The molecule has 2 aromatic carbocycles. The maximum Gasteiger partial charge on any atom is 0.438 e. The van der Waals surface area contributed by atoms with E-state index < -0.39 is 29.9 Å². The molecule has 4 rings (SSSR count). The average molecular weight is 433 g/mol. The maximum absolute atomic E-state index is 13.4. The van der Waals surface area contributed by atoms with Crippen LogP contribution < -0.4 is 20.3 Å². The molecule has 0 unspecified atom stereocenters. The topological polar surface area (TPSA) is 82.5 Å². The zero-order chi connectivity index (χ0) is 22.3. The molecule has 0 saturated carbocycles. The van der Waals surface area contributed by atoms with Gasteiger partial charge in [-0.2, -0.15) is 13.2 Å². The normalized spacial score (nSPS) is 13.3. The lowest BCUT2D eigenvalue weighted by Crippen LogP contribution is -2.34. The summed E-state index contributed by atoms with van der Waals surface area (Å²) in [6.45, 7) is 3.65. The summed E-state index contributed by atoms with van der Waals surface area (Å²) in [6, 6.07) is 7.76. The minimum atomic E-state index is -4.95. The number of rotatable bonds is 3. The number of carbonyl (C=O) groups is 1. The van der Waals surface area contributed by atoms with Gasteiger partial charge in [-0.15, -0.1) is 0 Å². The van der Waals surface area contributed by atoms with Crippen molar-refractivity contribution in [1.29, 1.82) is 0 Å². The first-order valence-corrected chi connectivity index (χ1v) is 9.42. The fraction of sp³-hybridized carbons (Fsp3) is 0.286. The molecule has 3 aromatic rings. The Morgan fingerprint density at radius 3 is 2.48 bits per heavy atom. The number of fused-ring (bicyclic) bond motifs is 2. The Hall–Kier alpha value is -3.56. The van der Waals surface area contributed by atoms with E-state index >= 15 is 0 Å². The fourth-order valence-corrected chi connectivity index (χ4v) is 3.30. The zero-order valence-corrected chi connectivity index (χ0v) is 16.7. The molecule has 7 nitrogen and oxygen atoms in total.